The van der Waals surface area contributed by atoms with Gasteiger partial charge in [-0.2, -0.15) is 0 Å². The zero-order chi connectivity index (χ0) is 13.8. The maximum Gasteiger partial charge on any atom is 0.226 e. The molecule has 1 aliphatic heterocycles. The summed E-state index contributed by atoms with van der Waals surface area (Å²) in [7, 11) is 0. The molecular weight excluding hydrogens is 289 g/mol. The van der Waals surface area contributed by atoms with Crippen molar-refractivity contribution in [3.05, 3.63) is 28.2 Å². The van der Waals surface area contributed by atoms with Crippen molar-refractivity contribution in [2.24, 2.45) is 5.92 Å². The number of hydrogen-bond acceptors (Lipinski definition) is 3. The molecule has 6 heteroatoms. The van der Waals surface area contributed by atoms with Gasteiger partial charge < -0.3 is 14.7 Å². The van der Waals surface area contributed by atoms with Gasteiger partial charge in [0.05, 0.1) is 23.1 Å². The molecule has 1 aromatic carbocycles. The van der Waals surface area contributed by atoms with Gasteiger partial charge in [0.2, 0.25) is 5.91 Å². The third kappa shape index (κ3) is 3.75. The monoisotopic (exact) mass is 303 g/mol. The molecule has 0 unspecified atom stereocenters. The van der Waals surface area contributed by atoms with Crippen LogP contribution in [-0.4, -0.2) is 42.2 Å². The van der Waals surface area contributed by atoms with Crippen LogP contribution in [0.25, 0.3) is 0 Å². The van der Waals surface area contributed by atoms with E-state index in [0.29, 0.717) is 41.9 Å². The molecule has 1 fully saturated rings. The zero-order valence-electron chi connectivity index (χ0n) is 10.3. The van der Waals surface area contributed by atoms with Crippen LogP contribution in [0.4, 0.5) is 0 Å². The van der Waals surface area contributed by atoms with Crippen molar-refractivity contribution in [1.29, 1.82) is 0 Å². The summed E-state index contributed by atoms with van der Waals surface area (Å²) < 4.78 is 5.44. The van der Waals surface area contributed by atoms with Crippen LogP contribution in [0.5, 0.6) is 5.75 Å². The van der Waals surface area contributed by atoms with Crippen LogP contribution in [0.3, 0.4) is 0 Å². The normalized spacial score (nSPS) is 15.2. The van der Waals surface area contributed by atoms with E-state index in [9.17, 15) is 4.79 Å². The highest BCUT2D eigenvalue weighted by molar-refractivity contribution is 6.42. The number of ether oxygens (including phenoxy) is 1. The first-order valence-electron chi connectivity index (χ1n) is 6.06. The molecule has 0 aliphatic carbocycles. The van der Waals surface area contributed by atoms with Crippen LogP contribution >= 0.6 is 23.2 Å². The quantitative estimate of drug-likeness (QED) is 0.907. The molecule has 0 aromatic heterocycles. The van der Waals surface area contributed by atoms with E-state index in [1.165, 1.54) is 0 Å². The first kappa shape index (κ1) is 14.4. The van der Waals surface area contributed by atoms with Crippen molar-refractivity contribution < 1.29 is 14.6 Å². The van der Waals surface area contributed by atoms with Crippen LogP contribution in [0.1, 0.15) is 6.42 Å². The number of nitrogens with zero attached hydrogens (tertiary/aromatic N) is 1. The first-order chi connectivity index (χ1) is 9.10. The second-order valence-corrected chi connectivity index (χ2v) is 5.34. The van der Waals surface area contributed by atoms with E-state index in [0.717, 1.165) is 0 Å². The Balaban J connectivity index is 1.71. The van der Waals surface area contributed by atoms with Crippen LogP contribution in [0.15, 0.2) is 18.2 Å². The number of aliphatic hydroxyl groups excluding tert-OH is 1. The fraction of sp³-hybridized carbons (Fsp3) is 0.462. The number of carbonyl (C=O) groups excluding carboxylic acids is 1. The van der Waals surface area contributed by atoms with E-state index >= 15 is 0 Å². The minimum Gasteiger partial charge on any atom is -0.493 e. The van der Waals surface area contributed by atoms with Gasteiger partial charge in [0, 0.05) is 31.7 Å². The third-order valence-electron chi connectivity index (χ3n) is 3.04. The average molecular weight is 304 g/mol. The van der Waals surface area contributed by atoms with Gasteiger partial charge in [-0.3, -0.25) is 4.79 Å². The smallest absolute Gasteiger partial charge is 0.226 e. The summed E-state index contributed by atoms with van der Waals surface area (Å²) in [5.74, 6) is 0.878. The fourth-order valence-electron chi connectivity index (χ4n) is 1.87. The van der Waals surface area contributed by atoms with E-state index in [1.54, 1.807) is 23.1 Å². The largest absolute Gasteiger partial charge is 0.493 e. The number of rotatable bonds is 5. The molecular formula is C13H15Cl2NO3. The standard InChI is InChI=1S/C13H15Cl2NO3/c14-11-2-1-10(5-12(11)15)19-4-3-13(18)16-6-9(7-16)8-17/h1-2,5,9,17H,3-4,6-8H2. The number of benzene rings is 1. The lowest BCUT2D eigenvalue weighted by atomic mass is 10.0. The summed E-state index contributed by atoms with van der Waals surface area (Å²) in [6.45, 7) is 1.73. The van der Waals surface area contributed by atoms with Crippen LogP contribution in [0.2, 0.25) is 10.0 Å². The molecule has 4 nitrogen and oxygen atoms in total. The Morgan fingerprint density at radius 2 is 2.11 bits per heavy atom. The molecule has 1 aromatic rings. The van der Waals surface area contributed by atoms with Crippen molar-refractivity contribution >= 4 is 29.1 Å². The molecule has 0 bridgehead atoms. The molecule has 0 atom stereocenters. The Labute approximate surface area is 121 Å². The molecule has 0 spiro atoms. The molecule has 1 N–H and O–H groups in total. The molecule has 104 valence electrons. The summed E-state index contributed by atoms with van der Waals surface area (Å²) >= 11 is 11.7. The van der Waals surface area contributed by atoms with Crippen LogP contribution < -0.4 is 4.74 Å². The molecule has 1 heterocycles. The number of likely N-dealkylation sites (tertiary alicyclic amines) is 1. The van der Waals surface area contributed by atoms with E-state index in [4.69, 9.17) is 33.0 Å². The average Bonchev–Trinajstić information content (AvgIpc) is 2.32. The van der Waals surface area contributed by atoms with E-state index in [-0.39, 0.29) is 18.4 Å². The number of halogens is 2. The van der Waals surface area contributed by atoms with Crippen LogP contribution in [-0.2, 0) is 4.79 Å². The molecule has 0 radical (unpaired) electrons. The van der Waals surface area contributed by atoms with Gasteiger partial charge in [0.25, 0.3) is 0 Å². The summed E-state index contributed by atoms with van der Waals surface area (Å²) in [4.78, 5) is 13.4. The Bertz CT molecular complexity index is 461. The lowest BCUT2D eigenvalue weighted by Gasteiger charge is -2.38. The van der Waals surface area contributed by atoms with Crippen molar-refractivity contribution in [2.75, 3.05) is 26.3 Å². The van der Waals surface area contributed by atoms with E-state index in [1.807, 2.05) is 0 Å². The number of carbonyl (C=O) groups is 1. The minimum atomic E-state index is 0.0461. The van der Waals surface area contributed by atoms with E-state index in [2.05, 4.69) is 0 Å². The second-order valence-electron chi connectivity index (χ2n) is 4.52. The van der Waals surface area contributed by atoms with E-state index < -0.39 is 0 Å². The third-order valence-corrected chi connectivity index (χ3v) is 3.78. The zero-order valence-corrected chi connectivity index (χ0v) is 11.8. The van der Waals surface area contributed by atoms with Gasteiger partial charge in [-0.25, -0.2) is 0 Å². The van der Waals surface area contributed by atoms with Gasteiger partial charge in [-0.15, -0.1) is 0 Å². The van der Waals surface area contributed by atoms with Gasteiger partial charge in [0.1, 0.15) is 5.75 Å². The molecule has 2 rings (SSSR count). The highest BCUT2D eigenvalue weighted by atomic mass is 35.5. The highest BCUT2D eigenvalue weighted by Gasteiger charge is 2.29. The topological polar surface area (TPSA) is 49.8 Å². The molecule has 0 saturated carbocycles. The van der Waals surface area contributed by atoms with Gasteiger partial charge in [0.15, 0.2) is 0 Å². The van der Waals surface area contributed by atoms with Gasteiger partial charge in [-0.1, -0.05) is 23.2 Å². The maximum atomic E-state index is 11.7. The lowest BCUT2D eigenvalue weighted by Crippen LogP contribution is -2.51. The van der Waals surface area contributed by atoms with Crippen LogP contribution in [0, 0.1) is 5.92 Å². The SMILES string of the molecule is O=C(CCOc1ccc(Cl)c(Cl)c1)N1CC(CO)C1. The summed E-state index contributed by atoms with van der Waals surface area (Å²) in [6.07, 6.45) is 0.318. The van der Waals surface area contributed by atoms with Crippen molar-refractivity contribution in [1.82, 2.24) is 4.90 Å². The highest BCUT2D eigenvalue weighted by Crippen LogP contribution is 2.26. The molecule has 19 heavy (non-hydrogen) atoms. The lowest BCUT2D eigenvalue weighted by molar-refractivity contribution is -0.138. The Morgan fingerprint density at radius 1 is 1.37 bits per heavy atom. The predicted molar refractivity (Wildman–Crippen MR) is 73.7 cm³/mol. The molecule has 1 aliphatic rings. The maximum absolute atomic E-state index is 11.7. The first-order valence-corrected chi connectivity index (χ1v) is 6.82. The Hall–Kier alpha value is -0.970. The minimum absolute atomic E-state index is 0.0461. The molecule has 1 saturated heterocycles. The second kappa shape index (κ2) is 6.46. The number of amides is 1. The van der Waals surface area contributed by atoms with Crippen molar-refractivity contribution in [3.63, 3.8) is 0 Å². The Kier molecular flexibility index (Phi) is 4.91. The Morgan fingerprint density at radius 3 is 2.74 bits per heavy atom. The van der Waals surface area contributed by atoms with Crippen molar-refractivity contribution in [3.8, 4) is 5.75 Å². The summed E-state index contributed by atoms with van der Waals surface area (Å²) in [5, 5.41) is 9.78. The number of hydrogen-bond donors (Lipinski definition) is 1. The summed E-state index contributed by atoms with van der Waals surface area (Å²) in [6, 6.07) is 4.99. The fourth-order valence-corrected chi connectivity index (χ4v) is 2.16. The van der Waals surface area contributed by atoms with Gasteiger partial charge >= 0.3 is 0 Å². The summed E-state index contributed by atoms with van der Waals surface area (Å²) in [5.41, 5.74) is 0. The van der Waals surface area contributed by atoms with Crippen molar-refractivity contribution in [2.45, 2.75) is 6.42 Å². The van der Waals surface area contributed by atoms with Gasteiger partial charge in [-0.05, 0) is 12.1 Å². The number of aliphatic hydroxyl groups is 1. The predicted octanol–water partition coefficient (Wildman–Crippen LogP) is 2.21. The molecule has 1 amide bonds.